The Hall–Kier alpha value is -3.64. The van der Waals surface area contributed by atoms with Crippen molar-refractivity contribution in [3.63, 3.8) is 0 Å². The topological polar surface area (TPSA) is 0 Å². The van der Waals surface area contributed by atoms with Crippen LogP contribution in [0.25, 0.3) is 22.3 Å². The minimum atomic E-state index is 0.886. The van der Waals surface area contributed by atoms with Crippen LogP contribution in [0.3, 0.4) is 0 Å². The second-order valence-electron chi connectivity index (χ2n) is 7.29. The molecule has 0 heteroatoms. The molecule has 0 N–H and O–H groups in total. The summed E-state index contributed by atoms with van der Waals surface area (Å²) in [6.45, 7) is 0. The molecule has 0 atom stereocenters. The lowest BCUT2D eigenvalue weighted by Crippen LogP contribution is -1.95. The molecule has 29 heavy (non-hydrogen) atoms. The Labute approximate surface area is 172 Å². The molecule has 0 unspecified atom stereocenters. The second kappa shape index (κ2) is 7.77. The van der Waals surface area contributed by atoms with Crippen LogP contribution in [0.15, 0.2) is 121 Å². The van der Waals surface area contributed by atoms with Crippen LogP contribution in [0.2, 0.25) is 0 Å². The average Bonchev–Trinajstić information content (AvgIpc) is 2.87. The Balaban J connectivity index is 1.80. The van der Waals surface area contributed by atoms with Crippen LogP contribution in [0.5, 0.6) is 0 Å². The quantitative estimate of drug-likeness (QED) is 0.340. The van der Waals surface area contributed by atoms with Gasteiger partial charge >= 0.3 is 0 Å². The van der Waals surface area contributed by atoms with Gasteiger partial charge in [-0.2, -0.15) is 0 Å². The zero-order chi connectivity index (χ0) is 19.5. The molecule has 4 aromatic rings. The van der Waals surface area contributed by atoms with Crippen molar-refractivity contribution in [3.05, 3.63) is 144 Å². The molecular weight excluding hydrogens is 348 g/mol. The van der Waals surface area contributed by atoms with Crippen molar-refractivity contribution >= 4 is 11.1 Å². The maximum atomic E-state index is 2.36. The van der Waals surface area contributed by atoms with Gasteiger partial charge in [0.15, 0.2) is 0 Å². The van der Waals surface area contributed by atoms with Gasteiger partial charge in [0.25, 0.3) is 0 Å². The molecule has 0 bridgehead atoms. The molecule has 0 aliphatic heterocycles. The second-order valence-corrected chi connectivity index (χ2v) is 7.29. The number of hydrogen-bond donors (Lipinski definition) is 0. The van der Waals surface area contributed by atoms with Crippen molar-refractivity contribution in [1.29, 1.82) is 0 Å². The lowest BCUT2D eigenvalue weighted by molar-refractivity contribution is 1.38. The Morgan fingerprint density at radius 2 is 0.690 bits per heavy atom. The van der Waals surface area contributed by atoms with Crippen molar-refractivity contribution in [2.24, 2.45) is 0 Å². The zero-order valence-electron chi connectivity index (χ0n) is 16.3. The molecule has 1 aliphatic carbocycles. The van der Waals surface area contributed by atoms with Gasteiger partial charge < -0.3 is 0 Å². The van der Waals surface area contributed by atoms with Crippen LogP contribution in [-0.4, -0.2) is 0 Å². The number of hydrogen-bond acceptors (Lipinski definition) is 0. The highest BCUT2D eigenvalue weighted by Crippen LogP contribution is 2.39. The van der Waals surface area contributed by atoms with Gasteiger partial charge in [-0.25, -0.2) is 0 Å². The first-order valence-electron chi connectivity index (χ1n) is 10.1. The summed E-state index contributed by atoms with van der Waals surface area (Å²) in [7, 11) is 0. The van der Waals surface area contributed by atoms with Crippen LogP contribution in [0, 0.1) is 0 Å². The monoisotopic (exact) mass is 370 g/mol. The Morgan fingerprint density at radius 3 is 1.10 bits per heavy atom. The van der Waals surface area contributed by atoms with Gasteiger partial charge in [0.2, 0.25) is 0 Å². The van der Waals surface area contributed by atoms with Crippen LogP contribution < -0.4 is 0 Å². The number of allylic oxidation sites excluding steroid dienone is 2. The van der Waals surface area contributed by atoms with Crippen LogP contribution in [0.1, 0.15) is 28.7 Å². The molecular formula is C29H22. The molecule has 0 heterocycles. The van der Waals surface area contributed by atoms with Crippen molar-refractivity contribution in [1.82, 2.24) is 0 Å². The third-order valence-electron chi connectivity index (χ3n) is 5.54. The van der Waals surface area contributed by atoms with Gasteiger partial charge in [-0.05, 0) is 50.9 Å². The highest BCUT2D eigenvalue weighted by atomic mass is 14.2. The molecule has 0 amide bonds. The SMILES string of the molecule is C1=C(c2ccccc2)c2ccccc2-c2ccccc2C(c2ccccc2)=CC1. The van der Waals surface area contributed by atoms with E-state index in [9.17, 15) is 0 Å². The van der Waals surface area contributed by atoms with Crippen molar-refractivity contribution in [2.45, 2.75) is 6.42 Å². The van der Waals surface area contributed by atoms with E-state index in [1.807, 2.05) is 0 Å². The van der Waals surface area contributed by atoms with Gasteiger partial charge in [-0.1, -0.05) is 121 Å². The predicted octanol–water partition coefficient (Wildman–Crippen LogP) is 7.62. The Bertz CT molecular complexity index is 1100. The summed E-state index contributed by atoms with van der Waals surface area (Å²) < 4.78 is 0. The largest absolute Gasteiger partial charge is 0.0722 e. The Morgan fingerprint density at radius 1 is 0.345 bits per heavy atom. The molecule has 4 aromatic carbocycles. The highest BCUT2D eigenvalue weighted by molar-refractivity contribution is 5.95. The summed E-state index contributed by atoms with van der Waals surface area (Å²) in [5.74, 6) is 0. The van der Waals surface area contributed by atoms with E-state index in [2.05, 4.69) is 121 Å². The van der Waals surface area contributed by atoms with E-state index in [0.717, 1.165) is 6.42 Å². The first-order chi connectivity index (χ1) is 14.4. The molecule has 0 nitrogen and oxygen atoms in total. The average molecular weight is 370 g/mol. The summed E-state index contributed by atoms with van der Waals surface area (Å²) in [6.07, 6.45) is 5.61. The molecule has 0 aromatic heterocycles. The van der Waals surface area contributed by atoms with E-state index >= 15 is 0 Å². The van der Waals surface area contributed by atoms with E-state index in [1.54, 1.807) is 0 Å². The maximum Gasteiger partial charge on any atom is -0.00991 e. The van der Waals surface area contributed by atoms with Crippen molar-refractivity contribution in [3.8, 4) is 11.1 Å². The number of benzene rings is 4. The summed E-state index contributed by atoms with van der Waals surface area (Å²) in [5, 5.41) is 0. The van der Waals surface area contributed by atoms with E-state index in [0.29, 0.717) is 0 Å². The minimum absolute atomic E-state index is 0.886. The third-order valence-corrected chi connectivity index (χ3v) is 5.54. The van der Waals surface area contributed by atoms with E-state index in [1.165, 1.54) is 44.5 Å². The zero-order valence-corrected chi connectivity index (χ0v) is 16.3. The van der Waals surface area contributed by atoms with Crippen LogP contribution >= 0.6 is 0 Å². The summed E-state index contributed by atoms with van der Waals surface area (Å²) in [6, 6.07) is 39.0. The van der Waals surface area contributed by atoms with E-state index < -0.39 is 0 Å². The van der Waals surface area contributed by atoms with Gasteiger partial charge in [0, 0.05) is 0 Å². The molecule has 0 fully saturated rings. The van der Waals surface area contributed by atoms with E-state index in [-0.39, 0.29) is 0 Å². The highest BCUT2D eigenvalue weighted by Gasteiger charge is 2.17. The van der Waals surface area contributed by atoms with Crippen molar-refractivity contribution in [2.75, 3.05) is 0 Å². The first kappa shape index (κ1) is 17.5. The molecule has 0 saturated heterocycles. The van der Waals surface area contributed by atoms with Gasteiger partial charge in [0.1, 0.15) is 0 Å². The van der Waals surface area contributed by atoms with Crippen LogP contribution in [-0.2, 0) is 0 Å². The normalized spacial score (nSPS) is 13.1. The van der Waals surface area contributed by atoms with Crippen LogP contribution in [0.4, 0.5) is 0 Å². The van der Waals surface area contributed by atoms with Crippen molar-refractivity contribution < 1.29 is 0 Å². The van der Waals surface area contributed by atoms with Gasteiger partial charge in [-0.3, -0.25) is 0 Å². The predicted molar refractivity (Wildman–Crippen MR) is 124 cm³/mol. The molecule has 138 valence electrons. The third kappa shape index (κ3) is 3.34. The summed E-state index contributed by atoms with van der Waals surface area (Å²) in [4.78, 5) is 0. The lowest BCUT2D eigenvalue weighted by Gasteiger charge is -2.17. The smallest absolute Gasteiger partial charge is 0.00991 e. The first-order valence-corrected chi connectivity index (χ1v) is 10.1. The standard InChI is InChI=1S/C29H22/c1-3-12-22(13-4-1)24-20-11-21-25(23-14-5-2-6-15-23)27-17-8-10-19-29(27)28-18-9-7-16-26(24)28/h1-10,12-21H,11H2. The lowest BCUT2D eigenvalue weighted by atomic mass is 9.87. The van der Waals surface area contributed by atoms with E-state index in [4.69, 9.17) is 0 Å². The summed E-state index contributed by atoms with van der Waals surface area (Å²) >= 11 is 0. The molecule has 0 saturated carbocycles. The fraction of sp³-hybridized carbons (Fsp3) is 0.0345. The Kier molecular flexibility index (Phi) is 4.68. The molecule has 1 aliphatic rings. The fourth-order valence-electron chi connectivity index (χ4n) is 4.20. The molecule has 5 rings (SSSR count). The number of fused-ring (bicyclic) bond motifs is 3. The molecule has 0 spiro atoms. The number of rotatable bonds is 2. The minimum Gasteiger partial charge on any atom is -0.0722 e. The fourth-order valence-corrected chi connectivity index (χ4v) is 4.20. The summed E-state index contributed by atoms with van der Waals surface area (Å²) in [5.41, 5.74) is 10.2. The maximum absolute atomic E-state index is 2.36. The molecule has 0 radical (unpaired) electrons. The van der Waals surface area contributed by atoms with Gasteiger partial charge in [-0.15, -0.1) is 0 Å². The van der Waals surface area contributed by atoms with Gasteiger partial charge in [0.05, 0.1) is 0 Å².